The van der Waals surface area contributed by atoms with Crippen LogP contribution in [-0.4, -0.2) is 72.2 Å². The standard InChI is InChI=1S/C27H32ClF2N7O3/c1-8-21(38)33-17-12-18(20(40-7)13-19(17)37(6)10-9-36(4)5)34-26-32-14-31-25(35-26)15-11-16(29)23(28)24(30)22(15)27(2,3)39/h8,11-14,39H,1,9-10H2,2-7H3,(H,33,38)(H,31,32,34,35). The number of rotatable bonds is 11. The van der Waals surface area contributed by atoms with E-state index in [0.717, 1.165) is 25.0 Å². The van der Waals surface area contributed by atoms with Crippen LogP contribution in [-0.2, 0) is 10.4 Å². The van der Waals surface area contributed by atoms with Crippen LogP contribution >= 0.6 is 11.6 Å². The van der Waals surface area contributed by atoms with E-state index in [1.165, 1.54) is 21.0 Å². The quantitative estimate of drug-likeness (QED) is 0.223. The highest BCUT2D eigenvalue weighted by molar-refractivity contribution is 6.31. The molecule has 0 atom stereocenters. The maximum absolute atomic E-state index is 14.9. The molecule has 0 bridgehead atoms. The minimum absolute atomic E-state index is 0.00970. The molecule has 3 N–H and O–H groups in total. The average molecular weight is 576 g/mol. The van der Waals surface area contributed by atoms with Crippen LogP contribution in [0.1, 0.15) is 19.4 Å². The number of carbonyl (C=O) groups is 1. The summed E-state index contributed by atoms with van der Waals surface area (Å²) in [5.41, 5.74) is -0.547. The number of aromatic nitrogens is 3. The summed E-state index contributed by atoms with van der Waals surface area (Å²) < 4.78 is 35.0. The Bertz CT molecular complexity index is 1410. The Hall–Kier alpha value is -3.87. The van der Waals surface area contributed by atoms with Gasteiger partial charge in [0.05, 0.1) is 29.8 Å². The molecule has 214 valence electrons. The first-order valence-electron chi connectivity index (χ1n) is 12.1. The minimum Gasteiger partial charge on any atom is -0.494 e. The molecule has 0 unspecified atom stereocenters. The molecule has 0 fully saturated rings. The van der Waals surface area contributed by atoms with Gasteiger partial charge in [-0.3, -0.25) is 4.79 Å². The number of benzene rings is 2. The van der Waals surface area contributed by atoms with Crippen LogP contribution < -0.4 is 20.3 Å². The van der Waals surface area contributed by atoms with Crippen molar-refractivity contribution >= 4 is 40.5 Å². The fourth-order valence-electron chi connectivity index (χ4n) is 3.88. The molecule has 40 heavy (non-hydrogen) atoms. The molecular weight excluding hydrogens is 544 g/mol. The second-order valence-electron chi connectivity index (χ2n) is 9.71. The third-order valence-electron chi connectivity index (χ3n) is 5.89. The lowest BCUT2D eigenvalue weighted by molar-refractivity contribution is -0.111. The van der Waals surface area contributed by atoms with Crippen LogP contribution in [0.4, 0.5) is 31.8 Å². The summed E-state index contributed by atoms with van der Waals surface area (Å²) in [5.74, 6) is -2.25. The van der Waals surface area contributed by atoms with Gasteiger partial charge < -0.3 is 30.3 Å². The van der Waals surface area contributed by atoms with E-state index < -0.39 is 28.2 Å². The van der Waals surface area contributed by atoms with E-state index in [1.807, 2.05) is 30.9 Å². The van der Waals surface area contributed by atoms with Gasteiger partial charge in [0, 0.05) is 37.3 Å². The van der Waals surface area contributed by atoms with Crippen molar-refractivity contribution in [3.05, 3.63) is 59.4 Å². The molecule has 0 saturated heterocycles. The van der Waals surface area contributed by atoms with E-state index in [9.17, 15) is 18.7 Å². The number of nitrogens with one attached hydrogen (secondary N) is 2. The summed E-state index contributed by atoms with van der Waals surface area (Å²) in [5, 5.41) is 15.7. The summed E-state index contributed by atoms with van der Waals surface area (Å²) in [4.78, 5) is 28.7. The van der Waals surface area contributed by atoms with Crippen molar-refractivity contribution < 1.29 is 23.4 Å². The summed E-state index contributed by atoms with van der Waals surface area (Å²) in [6.07, 6.45) is 2.31. The van der Waals surface area contributed by atoms with Crippen molar-refractivity contribution in [3.63, 3.8) is 0 Å². The van der Waals surface area contributed by atoms with Crippen molar-refractivity contribution in [2.45, 2.75) is 19.4 Å². The first-order valence-corrected chi connectivity index (χ1v) is 12.5. The van der Waals surface area contributed by atoms with Gasteiger partial charge in [0.2, 0.25) is 11.9 Å². The molecule has 0 aliphatic heterocycles. The molecule has 2 aromatic carbocycles. The number of halogens is 3. The smallest absolute Gasteiger partial charge is 0.247 e. The molecule has 0 aliphatic carbocycles. The Morgan fingerprint density at radius 3 is 2.48 bits per heavy atom. The first-order chi connectivity index (χ1) is 18.8. The first kappa shape index (κ1) is 30.7. The molecule has 10 nitrogen and oxygen atoms in total. The maximum Gasteiger partial charge on any atom is 0.247 e. The number of hydrogen-bond donors (Lipinski definition) is 3. The third-order valence-corrected chi connectivity index (χ3v) is 6.23. The van der Waals surface area contributed by atoms with Gasteiger partial charge in [-0.2, -0.15) is 4.98 Å². The van der Waals surface area contributed by atoms with Crippen molar-refractivity contribution in [1.82, 2.24) is 19.9 Å². The molecular formula is C27H32ClF2N7O3. The number of hydrogen-bond acceptors (Lipinski definition) is 9. The molecule has 0 radical (unpaired) electrons. The zero-order valence-electron chi connectivity index (χ0n) is 23.1. The Labute approximate surface area is 236 Å². The number of carbonyl (C=O) groups excluding carboxylic acids is 1. The van der Waals surface area contributed by atoms with Crippen LogP contribution in [0.5, 0.6) is 5.75 Å². The highest BCUT2D eigenvalue weighted by atomic mass is 35.5. The fourth-order valence-corrected chi connectivity index (χ4v) is 4.03. The van der Waals surface area contributed by atoms with Gasteiger partial charge in [-0.15, -0.1) is 0 Å². The summed E-state index contributed by atoms with van der Waals surface area (Å²) in [7, 11) is 7.29. The van der Waals surface area contributed by atoms with Gasteiger partial charge in [-0.05, 0) is 46.2 Å². The van der Waals surface area contributed by atoms with Gasteiger partial charge in [-0.1, -0.05) is 18.2 Å². The van der Waals surface area contributed by atoms with Crippen LogP contribution in [0.25, 0.3) is 11.4 Å². The van der Waals surface area contributed by atoms with E-state index >= 15 is 0 Å². The highest BCUT2D eigenvalue weighted by Crippen LogP contribution is 2.39. The van der Waals surface area contributed by atoms with Crippen LogP contribution in [0.2, 0.25) is 5.02 Å². The number of likely N-dealkylation sites (N-methyl/N-ethyl adjacent to an activating group) is 2. The SMILES string of the molecule is C=CC(=O)Nc1cc(Nc2ncnc(-c3cc(F)c(Cl)c(F)c3C(C)(C)O)n2)c(OC)cc1N(C)CCN(C)C. The Kier molecular flexibility index (Phi) is 9.61. The topological polar surface area (TPSA) is 116 Å². The molecule has 13 heteroatoms. The average Bonchev–Trinajstić information content (AvgIpc) is 2.89. The number of aliphatic hydroxyl groups is 1. The largest absolute Gasteiger partial charge is 0.494 e. The van der Waals surface area contributed by atoms with Gasteiger partial charge in [0.1, 0.15) is 22.9 Å². The molecule has 3 aromatic rings. The predicted octanol–water partition coefficient (Wildman–Crippen LogP) is 4.57. The number of nitrogens with zero attached hydrogens (tertiary/aromatic N) is 5. The maximum atomic E-state index is 14.9. The summed E-state index contributed by atoms with van der Waals surface area (Å²) in [6, 6.07) is 4.35. The van der Waals surface area contributed by atoms with Gasteiger partial charge >= 0.3 is 0 Å². The number of ether oxygens (including phenoxy) is 1. The lowest BCUT2D eigenvalue weighted by Gasteiger charge is -2.26. The van der Waals surface area contributed by atoms with Crippen molar-refractivity contribution in [3.8, 4) is 17.1 Å². The summed E-state index contributed by atoms with van der Waals surface area (Å²) in [6.45, 7) is 7.62. The second-order valence-corrected chi connectivity index (χ2v) is 10.1. The van der Waals surface area contributed by atoms with Crippen LogP contribution in [0.3, 0.4) is 0 Å². The van der Waals surface area contributed by atoms with Gasteiger partial charge in [0.25, 0.3) is 0 Å². The molecule has 1 aromatic heterocycles. The monoisotopic (exact) mass is 575 g/mol. The van der Waals surface area contributed by atoms with E-state index in [1.54, 1.807) is 12.1 Å². The van der Waals surface area contributed by atoms with E-state index in [0.29, 0.717) is 29.4 Å². The van der Waals surface area contributed by atoms with E-state index in [4.69, 9.17) is 16.3 Å². The van der Waals surface area contributed by atoms with Gasteiger partial charge in [0.15, 0.2) is 11.6 Å². The number of amides is 1. The minimum atomic E-state index is -1.73. The third kappa shape index (κ3) is 7.00. The zero-order chi connectivity index (χ0) is 29.8. The molecule has 0 aliphatic rings. The molecule has 0 spiro atoms. The second kappa shape index (κ2) is 12.5. The van der Waals surface area contributed by atoms with Crippen molar-refractivity contribution in [1.29, 1.82) is 0 Å². The van der Waals surface area contributed by atoms with E-state index in [2.05, 4.69) is 32.2 Å². The molecule has 0 saturated carbocycles. The van der Waals surface area contributed by atoms with Crippen LogP contribution in [0, 0.1) is 11.6 Å². The lowest BCUT2D eigenvalue weighted by atomic mass is 9.92. The Morgan fingerprint density at radius 2 is 1.88 bits per heavy atom. The van der Waals surface area contributed by atoms with Crippen LogP contribution in [0.15, 0.2) is 37.2 Å². The summed E-state index contributed by atoms with van der Waals surface area (Å²) >= 11 is 5.77. The number of anilines is 4. The Morgan fingerprint density at radius 1 is 1.18 bits per heavy atom. The Balaban J connectivity index is 2.09. The molecule has 1 heterocycles. The molecule has 3 rings (SSSR count). The van der Waals surface area contributed by atoms with Crippen molar-refractivity contribution in [2.24, 2.45) is 0 Å². The zero-order valence-corrected chi connectivity index (χ0v) is 23.9. The van der Waals surface area contributed by atoms with Gasteiger partial charge in [-0.25, -0.2) is 18.7 Å². The van der Waals surface area contributed by atoms with E-state index in [-0.39, 0.29) is 22.9 Å². The van der Waals surface area contributed by atoms with Crippen molar-refractivity contribution in [2.75, 3.05) is 56.9 Å². The normalized spacial score (nSPS) is 11.4. The number of methoxy groups -OCH3 is 1. The fraction of sp³-hybridized carbons (Fsp3) is 0.333. The lowest BCUT2D eigenvalue weighted by Crippen LogP contribution is -2.29. The highest BCUT2D eigenvalue weighted by Gasteiger charge is 2.30. The molecule has 1 amide bonds. The predicted molar refractivity (Wildman–Crippen MR) is 152 cm³/mol.